The molecule has 1 heterocycles. The van der Waals surface area contributed by atoms with E-state index in [0.717, 1.165) is 4.90 Å². The maximum Gasteiger partial charge on any atom is 0.390 e. The summed E-state index contributed by atoms with van der Waals surface area (Å²) in [6.07, 6.45) is -4.03. The summed E-state index contributed by atoms with van der Waals surface area (Å²) in [5, 5.41) is 14.8. The van der Waals surface area contributed by atoms with Crippen molar-refractivity contribution >= 4 is 11.6 Å². The van der Waals surface area contributed by atoms with E-state index in [9.17, 15) is 28.1 Å². The number of nitro groups is 1. The Bertz CT molecular complexity index is 773. The Hall–Kier alpha value is -2.91. The third-order valence-corrected chi connectivity index (χ3v) is 3.45. The average Bonchev–Trinajstić information content (AvgIpc) is 3.04. The zero-order valence-corrected chi connectivity index (χ0v) is 13.2. The van der Waals surface area contributed by atoms with Crippen LogP contribution in [0.25, 0.3) is 5.69 Å². The largest absolute Gasteiger partial charge is 0.390 e. The van der Waals surface area contributed by atoms with E-state index in [0.29, 0.717) is 5.69 Å². The number of benzene rings is 1. The maximum absolute atomic E-state index is 12.3. The molecule has 134 valence electrons. The van der Waals surface area contributed by atoms with Crippen LogP contribution >= 0.6 is 0 Å². The predicted octanol–water partition coefficient (Wildman–Crippen LogP) is 3.20. The van der Waals surface area contributed by atoms with Gasteiger partial charge in [0.15, 0.2) is 5.69 Å². The number of rotatable bonds is 6. The number of hydrogen-bond acceptors (Lipinski definition) is 4. The molecule has 2 rings (SSSR count). The molecular formula is C15H15F3N4O3. The van der Waals surface area contributed by atoms with E-state index < -0.39 is 30.0 Å². The normalized spacial score (nSPS) is 11.4. The molecule has 0 atom stereocenters. The highest BCUT2D eigenvalue weighted by Gasteiger charge is 2.29. The number of alkyl halides is 3. The fourth-order valence-corrected chi connectivity index (χ4v) is 2.16. The molecule has 0 fully saturated rings. The molecule has 0 unspecified atom stereocenters. The third kappa shape index (κ3) is 4.78. The molecule has 0 aliphatic carbocycles. The summed E-state index contributed by atoms with van der Waals surface area (Å²) in [7, 11) is 0. The van der Waals surface area contributed by atoms with E-state index in [-0.39, 0.29) is 17.9 Å². The third-order valence-electron chi connectivity index (χ3n) is 3.45. The molecule has 0 aliphatic rings. The van der Waals surface area contributed by atoms with Crippen molar-refractivity contribution in [2.75, 3.05) is 13.1 Å². The highest BCUT2D eigenvalue weighted by atomic mass is 19.4. The van der Waals surface area contributed by atoms with Gasteiger partial charge in [-0.05, 0) is 19.1 Å². The first-order valence-corrected chi connectivity index (χ1v) is 7.38. The number of aromatic nitrogens is 2. The monoisotopic (exact) mass is 356 g/mol. The highest BCUT2D eigenvalue weighted by molar-refractivity contribution is 5.92. The van der Waals surface area contributed by atoms with Gasteiger partial charge in [0.25, 0.3) is 11.6 Å². The van der Waals surface area contributed by atoms with E-state index in [2.05, 4.69) is 5.10 Å². The molecule has 7 nitrogen and oxygen atoms in total. The van der Waals surface area contributed by atoms with Gasteiger partial charge in [-0.3, -0.25) is 14.9 Å². The van der Waals surface area contributed by atoms with Crippen molar-refractivity contribution in [1.82, 2.24) is 14.7 Å². The second kappa shape index (κ2) is 7.32. The molecule has 1 amide bonds. The zero-order chi connectivity index (χ0) is 18.6. The van der Waals surface area contributed by atoms with Crippen LogP contribution in [-0.4, -0.2) is 44.8 Å². The van der Waals surface area contributed by atoms with Gasteiger partial charge in [-0.2, -0.15) is 18.3 Å². The quantitative estimate of drug-likeness (QED) is 0.588. The van der Waals surface area contributed by atoms with Gasteiger partial charge in [-0.15, -0.1) is 0 Å². The Kier molecular flexibility index (Phi) is 5.40. The summed E-state index contributed by atoms with van der Waals surface area (Å²) in [4.78, 5) is 23.6. The van der Waals surface area contributed by atoms with Crippen LogP contribution in [0.5, 0.6) is 0 Å². The molecule has 10 heteroatoms. The van der Waals surface area contributed by atoms with Crippen molar-refractivity contribution in [3.63, 3.8) is 0 Å². The number of amides is 1. The van der Waals surface area contributed by atoms with Crippen LogP contribution < -0.4 is 0 Å². The Morgan fingerprint density at radius 3 is 2.68 bits per heavy atom. The van der Waals surface area contributed by atoms with Crippen molar-refractivity contribution in [2.24, 2.45) is 0 Å². The lowest BCUT2D eigenvalue weighted by atomic mass is 10.3. The number of carbonyl (C=O) groups excluding carboxylic acids is 1. The van der Waals surface area contributed by atoms with Gasteiger partial charge in [-0.1, -0.05) is 6.07 Å². The molecular weight excluding hydrogens is 341 g/mol. The molecule has 25 heavy (non-hydrogen) atoms. The number of carbonyl (C=O) groups is 1. The Balaban J connectivity index is 2.18. The van der Waals surface area contributed by atoms with Crippen LogP contribution in [0, 0.1) is 10.1 Å². The zero-order valence-electron chi connectivity index (χ0n) is 13.2. The van der Waals surface area contributed by atoms with Crippen molar-refractivity contribution < 1.29 is 22.9 Å². The summed E-state index contributed by atoms with van der Waals surface area (Å²) in [6.45, 7) is 1.23. The summed E-state index contributed by atoms with van der Waals surface area (Å²) in [5.41, 5.74) is 0.198. The second-order valence-electron chi connectivity index (χ2n) is 5.17. The lowest BCUT2D eigenvalue weighted by molar-refractivity contribution is -0.384. The number of nitro benzene ring substituents is 1. The van der Waals surface area contributed by atoms with Gasteiger partial charge >= 0.3 is 6.18 Å². The molecule has 0 bridgehead atoms. The average molecular weight is 356 g/mol. The molecule has 0 N–H and O–H groups in total. The second-order valence-corrected chi connectivity index (χ2v) is 5.17. The van der Waals surface area contributed by atoms with Gasteiger partial charge < -0.3 is 4.90 Å². The lowest BCUT2D eigenvalue weighted by Gasteiger charge is -2.20. The van der Waals surface area contributed by atoms with Crippen LogP contribution in [0.2, 0.25) is 0 Å². The summed E-state index contributed by atoms with van der Waals surface area (Å²) < 4.78 is 38.3. The van der Waals surface area contributed by atoms with Gasteiger partial charge in [0.1, 0.15) is 0 Å². The Morgan fingerprint density at radius 1 is 1.36 bits per heavy atom. The first-order chi connectivity index (χ1) is 11.7. The number of nitrogens with zero attached hydrogens (tertiary/aromatic N) is 4. The first kappa shape index (κ1) is 18.4. The molecule has 1 aromatic carbocycles. The maximum atomic E-state index is 12.3. The van der Waals surface area contributed by atoms with Crippen LogP contribution in [0.15, 0.2) is 36.5 Å². The van der Waals surface area contributed by atoms with E-state index in [4.69, 9.17) is 0 Å². The van der Waals surface area contributed by atoms with Gasteiger partial charge in [0.05, 0.1) is 17.0 Å². The van der Waals surface area contributed by atoms with Gasteiger partial charge in [0, 0.05) is 31.4 Å². The van der Waals surface area contributed by atoms with Crippen molar-refractivity contribution in [3.8, 4) is 5.69 Å². The Labute approximate surface area is 140 Å². The standard InChI is InChI=1S/C15H15F3N4O3/c1-2-20(9-7-15(16,17)18)14(23)13-6-8-21(19-13)11-4-3-5-12(10-11)22(24)25/h3-6,8,10H,2,7,9H2,1H3. The molecule has 1 aromatic heterocycles. The Morgan fingerprint density at radius 2 is 2.08 bits per heavy atom. The molecule has 0 aliphatic heterocycles. The SMILES string of the molecule is CCN(CCC(F)(F)F)C(=O)c1ccn(-c2cccc([N+](=O)[O-])c2)n1. The molecule has 0 saturated carbocycles. The minimum Gasteiger partial charge on any atom is -0.337 e. The van der Waals surface area contributed by atoms with Crippen molar-refractivity contribution in [2.45, 2.75) is 19.5 Å². The van der Waals surface area contributed by atoms with E-state index in [1.54, 1.807) is 13.0 Å². The number of halogens is 3. The fourth-order valence-electron chi connectivity index (χ4n) is 2.16. The van der Waals surface area contributed by atoms with E-state index in [1.807, 2.05) is 0 Å². The predicted molar refractivity (Wildman–Crippen MR) is 82.5 cm³/mol. The molecule has 2 aromatic rings. The summed E-state index contributed by atoms with van der Waals surface area (Å²) >= 11 is 0. The smallest absolute Gasteiger partial charge is 0.337 e. The topological polar surface area (TPSA) is 81.3 Å². The lowest BCUT2D eigenvalue weighted by Crippen LogP contribution is -2.34. The van der Waals surface area contributed by atoms with E-state index >= 15 is 0 Å². The number of non-ortho nitro benzene ring substituents is 1. The van der Waals surface area contributed by atoms with Crippen LogP contribution in [0.4, 0.5) is 18.9 Å². The number of hydrogen-bond donors (Lipinski definition) is 0. The van der Waals surface area contributed by atoms with Gasteiger partial charge in [0.2, 0.25) is 0 Å². The van der Waals surface area contributed by atoms with Crippen molar-refractivity contribution in [1.29, 1.82) is 0 Å². The first-order valence-electron chi connectivity index (χ1n) is 7.38. The highest BCUT2D eigenvalue weighted by Crippen LogP contribution is 2.20. The van der Waals surface area contributed by atoms with Gasteiger partial charge in [-0.25, -0.2) is 4.68 Å². The summed E-state index contributed by atoms with van der Waals surface area (Å²) in [5.74, 6) is -0.629. The minimum absolute atomic E-state index is 0.0319. The van der Waals surface area contributed by atoms with E-state index in [1.165, 1.54) is 35.1 Å². The summed E-state index contributed by atoms with van der Waals surface area (Å²) in [6, 6.07) is 6.99. The molecule has 0 saturated heterocycles. The van der Waals surface area contributed by atoms with Crippen LogP contribution in [-0.2, 0) is 0 Å². The minimum atomic E-state index is -4.35. The van der Waals surface area contributed by atoms with Crippen molar-refractivity contribution in [3.05, 3.63) is 52.3 Å². The van der Waals surface area contributed by atoms with Crippen LogP contribution in [0.1, 0.15) is 23.8 Å². The molecule has 0 radical (unpaired) electrons. The molecule has 0 spiro atoms. The fraction of sp³-hybridized carbons (Fsp3) is 0.333. The van der Waals surface area contributed by atoms with Crippen LogP contribution in [0.3, 0.4) is 0 Å².